The first kappa shape index (κ1) is 10.9. The van der Waals surface area contributed by atoms with E-state index in [1.165, 1.54) is 12.3 Å². The molecular weight excluding hydrogens is 232 g/mol. The lowest BCUT2D eigenvalue weighted by atomic mass is 10.2. The normalized spacial score (nSPS) is 10.4. The number of halogens is 2. The summed E-state index contributed by atoms with van der Waals surface area (Å²) in [6.07, 6.45) is 0. The fourth-order valence-electron chi connectivity index (χ4n) is 1.22. The number of thiazole rings is 1. The van der Waals surface area contributed by atoms with Crippen molar-refractivity contribution < 1.29 is 13.6 Å². The molecule has 2 aromatic rings. The van der Waals surface area contributed by atoms with Gasteiger partial charge >= 0.3 is 0 Å². The van der Waals surface area contributed by atoms with Gasteiger partial charge in [-0.1, -0.05) is 0 Å². The molecule has 0 fully saturated rings. The molecule has 0 aliphatic heterocycles. The molecule has 0 aliphatic rings. The van der Waals surface area contributed by atoms with E-state index in [4.69, 9.17) is 0 Å². The van der Waals surface area contributed by atoms with Gasteiger partial charge in [0.25, 0.3) is 0 Å². The Balaban J connectivity index is 2.50. The molecule has 1 aromatic heterocycles. The van der Waals surface area contributed by atoms with E-state index in [1.54, 1.807) is 0 Å². The quantitative estimate of drug-likeness (QED) is 0.753. The second-order valence-corrected chi connectivity index (χ2v) is 4.08. The summed E-state index contributed by atoms with van der Waals surface area (Å²) in [6, 6.07) is 3.15. The average molecular weight is 239 g/mol. The van der Waals surface area contributed by atoms with Crippen LogP contribution in [0.2, 0.25) is 0 Å². The molecule has 1 heterocycles. The van der Waals surface area contributed by atoms with Crippen LogP contribution in [0.5, 0.6) is 0 Å². The third-order valence-electron chi connectivity index (χ3n) is 2.02. The molecule has 5 heteroatoms. The van der Waals surface area contributed by atoms with E-state index >= 15 is 0 Å². The van der Waals surface area contributed by atoms with Gasteiger partial charge < -0.3 is 0 Å². The van der Waals surface area contributed by atoms with Crippen molar-refractivity contribution in [1.82, 2.24) is 4.98 Å². The topological polar surface area (TPSA) is 30.0 Å². The third-order valence-corrected chi connectivity index (χ3v) is 2.90. The van der Waals surface area contributed by atoms with Crippen LogP contribution in [0.1, 0.15) is 17.4 Å². The Morgan fingerprint density at radius 3 is 2.75 bits per heavy atom. The van der Waals surface area contributed by atoms with E-state index in [0.717, 1.165) is 29.5 Å². The molecule has 82 valence electrons. The number of hydrogen-bond acceptors (Lipinski definition) is 3. The number of ketones is 1. The van der Waals surface area contributed by atoms with Crippen LogP contribution in [0.25, 0.3) is 10.6 Å². The van der Waals surface area contributed by atoms with E-state index in [2.05, 4.69) is 4.98 Å². The lowest BCUT2D eigenvalue weighted by Crippen LogP contribution is -1.92. The molecular formula is C11H7F2NOS. The van der Waals surface area contributed by atoms with Gasteiger partial charge in [0.05, 0.1) is 0 Å². The number of carbonyl (C=O) groups excluding carboxylic acids is 1. The zero-order valence-corrected chi connectivity index (χ0v) is 9.15. The summed E-state index contributed by atoms with van der Waals surface area (Å²) in [5.74, 6) is -1.28. The van der Waals surface area contributed by atoms with E-state index in [1.807, 2.05) is 0 Å². The van der Waals surface area contributed by atoms with Crippen LogP contribution in [0, 0.1) is 11.6 Å². The van der Waals surface area contributed by atoms with Crippen LogP contribution in [-0.2, 0) is 0 Å². The maximum Gasteiger partial charge on any atom is 0.178 e. The van der Waals surface area contributed by atoms with Crippen molar-refractivity contribution in [3.63, 3.8) is 0 Å². The van der Waals surface area contributed by atoms with Gasteiger partial charge in [0.15, 0.2) is 5.78 Å². The van der Waals surface area contributed by atoms with Crippen molar-refractivity contribution in [1.29, 1.82) is 0 Å². The molecule has 0 bridgehead atoms. The standard InChI is InChI=1S/C11H7F2NOS/c1-6(15)10-5-16-11(14-10)8-4-7(12)2-3-9(8)13/h2-5H,1H3. The molecule has 2 rings (SSSR count). The number of Topliss-reactive ketones (excluding diaryl/α,β-unsaturated/α-hetero) is 1. The number of carbonyl (C=O) groups is 1. The number of hydrogen-bond donors (Lipinski definition) is 0. The van der Waals surface area contributed by atoms with Crippen molar-refractivity contribution >= 4 is 17.1 Å². The number of aromatic nitrogens is 1. The van der Waals surface area contributed by atoms with E-state index in [-0.39, 0.29) is 17.0 Å². The number of rotatable bonds is 2. The zero-order chi connectivity index (χ0) is 11.7. The molecule has 0 unspecified atom stereocenters. The van der Waals surface area contributed by atoms with Gasteiger partial charge in [0.2, 0.25) is 0 Å². The molecule has 0 atom stereocenters. The Morgan fingerprint density at radius 1 is 1.38 bits per heavy atom. The van der Waals surface area contributed by atoms with Crippen molar-refractivity contribution in [2.24, 2.45) is 0 Å². The maximum atomic E-state index is 13.4. The lowest BCUT2D eigenvalue weighted by Gasteiger charge is -1.98. The second kappa shape index (κ2) is 4.09. The third kappa shape index (κ3) is 1.99. The molecule has 16 heavy (non-hydrogen) atoms. The van der Waals surface area contributed by atoms with Gasteiger partial charge in [-0.05, 0) is 18.2 Å². The van der Waals surface area contributed by atoms with E-state index in [0.29, 0.717) is 5.01 Å². The maximum absolute atomic E-state index is 13.4. The van der Waals surface area contributed by atoms with Gasteiger partial charge in [-0.25, -0.2) is 13.8 Å². The Morgan fingerprint density at radius 2 is 2.12 bits per heavy atom. The van der Waals surface area contributed by atoms with Crippen LogP contribution >= 0.6 is 11.3 Å². The number of nitrogens with zero attached hydrogens (tertiary/aromatic N) is 1. The minimum absolute atomic E-state index is 0.0810. The summed E-state index contributed by atoms with van der Waals surface area (Å²) < 4.78 is 26.3. The van der Waals surface area contributed by atoms with Crippen molar-refractivity contribution in [3.8, 4) is 10.6 Å². The molecule has 0 spiro atoms. The summed E-state index contributed by atoms with van der Waals surface area (Å²) in [4.78, 5) is 15.0. The minimum Gasteiger partial charge on any atom is -0.293 e. The summed E-state index contributed by atoms with van der Waals surface area (Å²) in [5, 5.41) is 1.84. The van der Waals surface area contributed by atoms with Gasteiger partial charge in [0, 0.05) is 17.9 Å². The van der Waals surface area contributed by atoms with Crippen molar-refractivity contribution in [3.05, 3.63) is 40.9 Å². The fraction of sp³-hybridized carbons (Fsp3) is 0.0909. The summed E-state index contributed by atoms with van der Waals surface area (Å²) >= 11 is 1.12. The molecule has 0 saturated carbocycles. The predicted molar refractivity (Wildman–Crippen MR) is 57.5 cm³/mol. The highest BCUT2D eigenvalue weighted by Crippen LogP contribution is 2.27. The van der Waals surface area contributed by atoms with Gasteiger partial charge in [-0.3, -0.25) is 4.79 Å². The SMILES string of the molecule is CC(=O)c1csc(-c2cc(F)ccc2F)n1. The van der Waals surface area contributed by atoms with Crippen LogP contribution in [0.3, 0.4) is 0 Å². The van der Waals surface area contributed by atoms with Crippen LogP contribution in [0.4, 0.5) is 8.78 Å². The van der Waals surface area contributed by atoms with Crippen LogP contribution in [0.15, 0.2) is 23.6 Å². The molecule has 0 saturated heterocycles. The Kier molecular flexibility index (Phi) is 2.78. The summed E-state index contributed by atoms with van der Waals surface area (Å²) in [6.45, 7) is 1.38. The van der Waals surface area contributed by atoms with Gasteiger partial charge in [0.1, 0.15) is 22.3 Å². The summed E-state index contributed by atoms with van der Waals surface area (Å²) in [7, 11) is 0. The molecule has 1 aromatic carbocycles. The van der Waals surface area contributed by atoms with Gasteiger partial charge in [-0.15, -0.1) is 11.3 Å². The fourth-order valence-corrected chi connectivity index (χ4v) is 2.10. The smallest absolute Gasteiger partial charge is 0.178 e. The Bertz CT molecular complexity index is 551. The second-order valence-electron chi connectivity index (χ2n) is 3.22. The first-order valence-corrected chi connectivity index (χ1v) is 5.38. The monoisotopic (exact) mass is 239 g/mol. The molecule has 2 nitrogen and oxygen atoms in total. The molecule has 0 amide bonds. The first-order valence-electron chi connectivity index (χ1n) is 4.50. The van der Waals surface area contributed by atoms with Crippen LogP contribution in [-0.4, -0.2) is 10.8 Å². The predicted octanol–water partition coefficient (Wildman–Crippen LogP) is 3.29. The van der Waals surface area contributed by atoms with Gasteiger partial charge in [-0.2, -0.15) is 0 Å². The zero-order valence-electron chi connectivity index (χ0n) is 8.33. The minimum atomic E-state index is -0.550. The highest BCUT2D eigenvalue weighted by Gasteiger charge is 2.12. The lowest BCUT2D eigenvalue weighted by molar-refractivity contribution is 0.101. The Labute approximate surface area is 94.6 Å². The molecule has 0 aliphatic carbocycles. The first-order chi connectivity index (χ1) is 7.58. The average Bonchev–Trinajstić information content (AvgIpc) is 2.70. The highest BCUT2D eigenvalue weighted by atomic mass is 32.1. The van der Waals surface area contributed by atoms with Crippen LogP contribution < -0.4 is 0 Å². The van der Waals surface area contributed by atoms with Crippen molar-refractivity contribution in [2.45, 2.75) is 6.92 Å². The summed E-state index contributed by atoms with van der Waals surface area (Å²) in [5.41, 5.74) is 0.348. The molecule has 0 N–H and O–H groups in total. The largest absolute Gasteiger partial charge is 0.293 e. The highest BCUT2D eigenvalue weighted by molar-refractivity contribution is 7.13. The molecule has 0 radical (unpaired) electrons. The van der Waals surface area contributed by atoms with E-state index < -0.39 is 11.6 Å². The number of benzene rings is 1. The Hall–Kier alpha value is -1.62. The van der Waals surface area contributed by atoms with Crippen molar-refractivity contribution in [2.75, 3.05) is 0 Å². The van der Waals surface area contributed by atoms with E-state index in [9.17, 15) is 13.6 Å².